The monoisotopic (exact) mass is 367 g/mol. The molecule has 27 heavy (non-hydrogen) atoms. The van der Waals surface area contributed by atoms with E-state index in [0.717, 1.165) is 35.7 Å². The molecule has 0 radical (unpaired) electrons. The molecule has 3 heteroatoms. The fourth-order valence-corrected chi connectivity index (χ4v) is 5.75. The van der Waals surface area contributed by atoms with Gasteiger partial charge in [-0.05, 0) is 60.8 Å². The number of nitrogens with zero attached hydrogens (tertiary/aromatic N) is 1. The maximum atomic E-state index is 11.7. The zero-order valence-electron chi connectivity index (χ0n) is 16.6. The van der Waals surface area contributed by atoms with Crippen molar-refractivity contribution in [3.8, 4) is 0 Å². The van der Waals surface area contributed by atoms with Gasteiger partial charge in [0.25, 0.3) is 0 Å². The van der Waals surface area contributed by atoms with Crippen LogP contribution in [0.4, 0.5) is 0 Å². The van der Waals surface area contributed by atoms with Crippen LogP contribution in [0, 0.1) is 11.8 Å². The number of rotatable bonds is 5. The molecule has 1 aromatic carbocycles. The van der Waals surface area contributed by atoms with E-state index in [9.17, 15) is 9.90 Å². The standard InChI is InChI=1S/C24H33NO2/c1-2-13-25-22-12-11-20(15-21(22)16-23(25)24(26)27)19-10-6-9-18(14-19)17-7-4-3-5-8-17/h11-12,15-19H,2-10,13-14H2,1H3,(H,26,27)/t18-,19+/m0/s1. The number of fused-ring (bicyclic) bond motifs is 1. The van der Waals surface area contributed by atoms with Crippen LogP contribution < -0.4 is 0 Å². The van der Waals surface area contributed by atoms with Crippen molar-refractivity contribution >= 4 is 16.9 Å². The van der Waals surface area contributed by atoms with Crippen LogP contribution in [0.2, 0.25) is 0 Å². The predicted molar refractivity (Wildman–Crippen MR) is 110 cm³/mol. The molecule has 0 aliphatic heterocycles. The lowest BCUT2D eigenvalue weighted by atomic mass is 9.69. The van der Waals surface area contributed by atoms with E-state index in [0.29, 0.717) is 11.6 Å². The van der Waals surface area contributed by atoms with Gasteiger partial charge in [-0.2, -0.15) is 0 Å². The van der Waals surface area contributed by atoms with Gasteiger partial charge < -0.3 is 9.67 Å². The Labute approximate surface area is 162 Å². The molecule has 1 aromatic heterocycles. The average molecular weight is 368 g/mol. The Morgan fingerprint density at radius 3 is 2.56 bits per heavy atom. The molecule has 0 spiro atoms. The van der Waals surface area contributed by atoms with Gasteiger partial charge in [0, 0.05) is 17.4 Å². The summed E-state index contributed by atoms with van der Waals surface area (Å²) in [6, 6.07) is 8.59. The van der Waals surface area contributed by atoms with Crippen LogP contribution in [0.15, 0.2) is 24.3 Å². The molecule has 146 valence electrons. The van der Waals surface area contributed by atoms with Crippen molar-refractivity contribution in [1.82, 2.24) is 4.57 Å². The number of benzene rings is 1. The van der Waals surface area contributed by atoms with Crippen LogP contribution in [0.3, 0.4) is 0 Å². The quantitative estimate of drug-likeness (QED) is 0.646. The molecule has 0 unspecified atom stereocenters. The van der Waals surface area contributed by atoms with Gasteiger partial charge in [-0.15, -0.1) is 0 Å². The van der Waals surface area contributed by atoms with E-state index in [1.54, 1.807) is 0 Å². The van der Waals surface area contributed by atoms with E-state index < -0.39 is 5.97 Å². The second-order valence-electron chi connectivity index (χ2n) is 8.83. The molecule has 2 saturated carbocycles. The lowest BCUT2D eigenvalue weighted by Gasteiger charge is -2.36. The molecule has 2 aliphatic rings. The van der Waals surface area contributed by atoms with Gasteiger partial charge in [-0.3, -0.25) is 0 Å². The fraction of sp³-hybridized carbons (Fsp3) is 0.625. The molecule has 4 rings (SSSR count). The summed E-state index contributed by atoms with van der Waals surface area (Å²) in [5.74, 6) is 1.68. The highest BCUT2D eigenvalue weighted by atomic mass is 16.4. The lowest BCUT2D eigenvalue weighted by molar-refractivity contribution is 0.0685. The van der Waals surface area contributed by atoms with Crippen molar-refractivity contribution in [1.29, 1.82) is 0 Å². The Morgan fingerprint density at radius 1 is 1.04 bits per heavy atom. The topological polar surface area (TPSA) is 42.2 Å². The van der Waals surface area contributed by atoms with E-state index in [1.807, 2.05) is 10.6 Å². The average Bonchev–Trinajstić information content (AvgIpc) is 3.07. The third-order valence-electron chi connectivity index (χ3n) is 7.09. The third-order valence-corrected chi connectivity index (χ3v) is 7.09. The van der Waals surface area contributed by atoms with E-state index in [2.05, 4.69) is 25.1 Å². The first-order valence-corrected chi connectivity index (χ1v) is 11.0. The number of aromatic nitrogens is 1. The molecule has 0 amide bonds. The van der Waals surface area contributed by atoms with Crippen LogP contribution in [-0.2, 0) is 6.54 Å². The fourth-order valence-electron chi connectivity index (χ4n) is 5.75. The number of aromatic carboxylic acids is 1. The summed E-state index contributed by atoms with van der Waals surface area (Å²) in [5, 5.41) is 10.7. The zero-order valence-corrected chi connectivity index (χ0v) is 16.6. The van der Waals surface area contributed by atoms with Crippen molar-refractivity contribution in [3.05, 3.63) is 35.5 Å². The first-order valence-electron chi connectivity index (χ1n) is 11.0. The van der Waals surface area contributed by atoms with E-state index in [1.165, 1.54) is 63.4 Å². The molecule has 2 fully saturated rings. The van der Waals surface area contributed by atoms with Crippen molar-refractivity contribution in [2.45, 2.75) is 83.6 Å². The number of carboxylic acids is 1. The lowest BCUT2D eigenvalue weighted by Crippen LogP contribution is -2.23. The minimum Gasteiger partial charge on any atom is -0.477 e. The van der Waals surface area contributed by atoms with Gasteiger partial charge in [0.15, 0.2) is 0 Å². The van der Waals surface area contributed by atoms with Gasteiger partial charge in [-0.25, -0.2) is 4.79 Å². The van der Waals surface area contributed by atoms with E-state index in [-0.39, 0.29) is 0 Å². The molecular weight excluding hydrogens is 334 g/mol. The highest BCUT2D eigenvalue weighted by molar-refractivity contribution is 5.94. The Kier molecular flexibility index (Phi) is 5.56. The molecule has 2 atom stereocenters. The van der Waals surface area contributed by atoms with Crippen LogP contribution >= 0.6 is 0 Å². The first kappa shape index (κ1) is 18.6. The normalized spacial score (nSPS) is 24.3. The second kappa shape index (κ2) is 8.08. The van der Waals surface area contributed by atoms with Crippen molar-refractivity contribution < 1.29 is 9.90 Å². The number of carboxylic acid groups (broad SMARTS) is 1. The molecule has 1 N–H and O–H groups in total. The Bertz CT molecular complexity index is 800. The van der Waals surface area contributed by atoms with E-state index >= 15 is 0 Å². The third kappa shape index (κ3) is 3.79. The van der Waals surface area contributed by atoms with Crippen LogP contribution in [-0.4, -0.2) is 15.6 Å². The Hall–Kier alpha value is -1.77. The van der Waals surface area contributed by atoms with Gasteiger partial charge >= 0.3 is 5.97 Å². The SMILES string of the molecule is CCCn1c(C(=O)O)cc2cc([C@@H]3CCC[C@H](C4CCCCC4)C3)ccc21. The number of hydrogen-bond donors (Lipinski definition) is 1. The molecule has 0 bridgehead atoms. The Balaban J connectivity index is 1.58. The Morgan fingerprint density at radius 2 is 1.81 bits per heavy atom. The number of aryl methyl sites for hydroxylation is 1. The maximum absolute atomic E-state index is 11.7. The summed E-state index contributed by atoms with van der Waals surface area (Å²) in [5.41, 5.74) is 2.92. The van der Waals surface area contributed by atoms with Gasteiger partial charge in [0.1, 0.15) is 5.69 Å². The van der Waals surface area contributed by atoms with Crippen molar-refractivity contribution in [2.75, 3.05) is 0 Å². The smallest absolute Gasteiger partial charge is 0.352 e. The first-order chi connectivity index (χ1) is 13.2. The number of carbonyl (C=O) groups is 1. The highest BCUT2D eigenvalue weighted by Crippen LogP contribution is 2.44. The summed E-state index contributed by atoms with van der Waals surface area (Å²) in [6.07, 6.45) is 13.5. The molecule has 2 aliphatic carbocycles. The van der Waals surface area contributed by atoms with Gasteiger partial charge in [-0.1, -0.05) is 57.9 Å². The highest BCUT2D eigenvalue weighted by Gasteiger charge is 2.30. The van der Waals surface area contributed by atoms with Crippen LogP contribution in [0.5, 0.6) is 0 Å². The summed E-state index contributed by atoms with van der Waals surface area (Å²) in [4.78, 5) is 11.7. The number of hydrogen-bond acceptors (Lipinski definition) is 1. The minimum atomic E-state index is -0.823. The molecule has 2 aromatic rings. The maximum Gasteiger partial charge on any atom is 0.352 e. The van der Waals surface area contributed by atoms with Crippen LogP contribution in [0.1, 0.15) is 93.1 Å². The summed E-state index contributed by atoms with van der Waals surface area (Å²) >= 11 is 0. The second-order valence-corrected chi connectivity index (χ2v) is 8.83. The molecule has 3 nitrogen and oxygen atoms in total. The van der Waals surface area contributed by atoms with Crippen molar-refractivity contribution in [2.24, 2.45) is 11.8 Å². The predicted octanol–water partition coefficient (Wildman–Crippen LogP) is 6.60. The van der Waals surface area contributed by atoms with Crippen molar-refractivity contribution in [3.63, 3.8) is 0 Å². The largest absolute Gasteiger partial charge is 0.477 e. The van der Waals surface area contributed by atoms with Gasteiger partial charge in [0.2, 0.25) is 0 Å². The zero-order chi connectivity index (χ0) is 18.8. The minimum absolute atomic E-state index is 0.424. The summed E-state index contributed by atoms with van der Waals surface area (Å²) in [6.45, 7) is 2.86. The summed E-state index contributed by atoms with van der Waals surface area (Å²) < 4.78 is 1.97. The van der Waals surface area contributed by atoms with E-state index in [4.69, 9.17) is 0 Å². The molecular formula is C24H33NO2. The molecule has 0 saturated heterocycles. The van der Waals surface area contributed by atoms with Crippen LogP contribution in [0.25, 0.3) is 10.9 Å². The summed E-state index contributed by atoms with van der Waals surface area (Å²) in [7, 11) is 0. The molecule has 1 heterocycles. The van der Waals surface area contributed by atoms with Gasteiger partial charge in [0.05, 0.1) is 0 Å².